The van der Waals surface area contributed by atoms with Crippen LogP contribution in [-0.2, 0) is 9.68 Å². The van der Waals surface area contributed by atoms with Crippen LogP contribution in [0.1, 0.15) is 61.3 Å². The SMILES string of the molecule is CC(C)CCON.CC(C)CCON1C(=O)c2ccccc2C1=O.Cl. The molecule has 1 aromatic carbocycles. The Hall–Kier alpha value is -1.47. The lowest BCUT2D eigenvalue weighted by Crippen LogP contribution is -2.30. The molecule has 2 rings (SSSR count). The average molecular weight is 373 g/mol. The molecule has 2 N–H and O–H groups in total. The zero-order valence-electron chi connectivity index (χ0n) is 15.4. The average Bonchev–Trinajstić information content (AvgIpc) is 2.78. The molecule has 1 aliphatic rings. The highest BCUT2D eigenvalue weighted by Crippen LogP contribution is 2.22. The summed E-state index contributed by atoms with van der Waals surface area (Å²) in [6.45, 7) is 9.45. The number of nitrogens with two attached hydrogens (primary N) is 1. The molecule has 0 fully saturated rings. The Balaban J connectivity index is 0.000000620. The van der Waals surface area contributed by atoms with Crippen molar-refractivity contribution in [3.63, 3.8) is 0 Å². The summed E-state index contributed by atoms with van der Waals surface area (Å²) < 4.78 is 0. The van der Waals surface area contributed by atoms with Crippen LogP contribution in [0.2, 0.25) is 0 Å². The Bertz CT molecular complexity index is 515. The van der Waals surface area contributed by atoms with Gasteiger partial charge in [0.1, 0.15) is 0 Å². The van der Waals surface area contributed by atoms with Gasteiger partial charge in [-0.2, -0.15) is 0 Å². The predicted molar refractivity (Wildman–Crippen MR) is 99.2 cm³/mol. The molecule has 0 unspecified atom stereocenters. The Labute approximate surface area is 156 Å². The predicted octanol–water partition coefficient (Wildman–Crippen LogP) is 3.60. The molecular formula is C18H29ClN2O4. The second-order valence-corrected chi connectivity index (χ2v) is 6.52. The summed E-state index contributed by atoms with van der Waals surface area (Å²) in [4.78, 5) is 33.3. The maximum absolute atomic E-state index is 11.9. The number of carbonyl (C=O) groups is 2. The van der Waals surface area contributed by atoms with Crippen LogP contribution in [-0.4, -0.2) is 30.1 Å². The van der Waals surface area contributed by atoms with E-state index in [4.69, 9.17) is 10.7 Å². The van der Waals surface area contributed by atoms with Gasteiger partial charge in [0.2, 0.25) is 0 Å². The van der Waals surface area contributed by atoms with Gasteiger partial charge in [0.05, 0.1) is 24.3 Å². The molecule has 0 atom stereocenters. The van der Waals surface area contributed by atoms with E-state index in [2.05, 4.69) is 32.5 Å². The standard InChI is InChI=1S/C13H15NO3.C5H13NO.ClH/c1-9(2)7-8-17-14-12(15)10-5-3-4-6-11(10)13(14)16;1-5(2)3-4-7-6;/h3-6,9H,7-8H2,1-2H3;5H,3-4,6H2,1-2H3;1H. The summed E-state index contributed by atoms with van der Waals surface area (Å²) in [5.74, 6) is 5.22. The number of fused-ring (bicyclic) bond motifs is 1. The van der Waals surface area contributed by atoms with E-state index in [1.807, 2.05) is 0 Å². The van der Waals surface area contributed by atoms with E-state index in [0.29, 0.717) is 36.2 Å². The van der Waals surface area contributed by atoms with E-state index in [-0.39, 0.29) is 24.2 Å². The summed E-state index contributed by atoms with van der Waals surface area (Å²) in [6.07, 6.45) is 1.86. The topological polar surface area (TPSA) is 81.9 Å². The number of imide groups is 1. The highest BCUT2D eigenvalue weighted by molar-refractivity contribution is 6.20. The first kappa shape index (κ1) is 23.5. The van der Waals surface area contributed by atoms with E-state index in [1.165, 1.54) is 0 Å². The fourth-order valence-electron chi connectivity index (χ4n) is 1.97. The van der Waals surface area contributed by atoms with Crippen LogP contribution in [0.3, 0.4) is 0 Å². The molecule has 1 heterocycles. The minimum Gasteiger partial charge on any atom is -0.305 e. The minimum atomic E-state index is -0.366. The lowest BCUT2D eigenvalue weighted by Gasteiger charge is -2.13. The van der Waals surface area contributed by atoms with Gasteiger partial charge in [-0.1, -0.05) is 39.8 Å². The Morgan fingerprint density at radius 2 is 1.36 bits per heavy atom. The van der Waals surface area contributed by atoms with Crippen molar-refractivity contribution in [2.24, 2.45) is 17.7 Å². The van der Waals surface area contributed by atoms with Crippen molar-refractivity contribution < 1.29 is 19.3 Å². The summed E-state index contributed by atoms with van der Waals surface area (Å²) in [5.41, 5.74) is 0.837. The molecule has 142 valence electrons. The fraction of sp³-hybridized carbons (Fsp3) is 0.556. The monoisotopic (exact) mass is 372 g/mol. The van der Waals surface area contributed by atoms with Gasteiger partial charge in [0, 0.05) is 0 Å². The van der Waals surface area contributed by atoms with Gasteiger partial charge < -0.3 is 4.84 Å². The fourth-order valence-corrected chi connectivity index (χ4v) is 1.97. The van der Waals surface area contributed by atoms with E-state index in [0.717, 1.165) is 17.9 Å². The molecule has 2 amide bonds. The number of hydroxylamine groups is 2. The highest BCUT2D eigenvalue weighted by Gasteiger charge is 2.36. The molecule has 0 radical (unpaired) electrons. The molecule has 0 aliphatic carbocycles. The molecule has 0 spiro atoms. The van der Waals surface area contributed by atoms with Crippen LogP contribution in [0.25, 0.3) is 0 Å². The molecule has 0 aromatic heterocycles. The second kappa shape index (κ2) is 12.0. The quantitative estimate of drug-likeness (QED) is 0.584. The molecule has 25 heavy (non-hydrogen) atoms. The number of amides is 2. The molecule has 1 aliphatic heterocycles. The van der Waals surface area contributed by atoms with Crippen molar-refractivity contribution in [1.82, 2.24) is 5.06 Å². The Morgan fingerprint density at radius 3 is 1.72 bits per heavy atom. The third-order valence-corrected chi connectivity index (χ3v) is 3.49. The normalized spacial score (nSPS) is 12.8. The molecule has 0 saturated carbocycles. The van der Waals surface area contributed by atoms with Crippen molar-refractivity contribution in [1.29, 1.82) is 0 Å². The molecular weight excluding hydrogens is 344 g/mol. The third kappa shape index (κ3) is 7.52. The van der Waals surface area contributed by atoms with Crippen LogP contribution in [0.4, 0.5) is 0 Å². The van der Waals surface area contributed by atoms with Crippen LogP contribution in [0, 0.1) is 11.8 Å². The van der Waals surface area contributed by atoms with Gasteiger partial charge in [0.15, 0.2) is 0 Å². The number of carbonyl (C=O) groups excluding carboxylic acids is 2. The molecule has 0 saturated heterocycles. The summed E-state index contributed by atoms with van der Waals surface area (Å²) in [6, 6.07) is 6.76. The smallest absolute Gasteiger partial charge is 0.285 e. The van der Waals surface area contributed by atoms with Crippen molar-refractivity contribution >= 4 is 24.2 Å². The first-order chi connectivity index (χ1) is 11.4. The first-order valence-corrected chi connectivity index (χ1v) is 8.30. The number of hydrogen-bond donors (Lipinski definition) is 1. The number of benzene rings is 1. The van der Waals surface area contributed by atoms with Crippen LogP contribution >= 0.6 is 12.4 Å². The van der Waals surface area contributed by atoms with Crippen LogP contribution in [0.15, 0.2) is 24.3 Å². The zero-order valence-corrected chi connectivity index (χ0v) is 16.2. The van der Waals surface area contributed by atoms with Gasteiger partial charge in [-0.3, -0.25) is 14.4 Å². The van der Waals surface area contributed by atoms with Gasteiger partial charge >= 0.3 is 0 Å². The summed E-state index contributed by atoms with van der Waals surface area (Å²) in [5, 5.41) is 0.868. The first-order valence-electron chi connectivity index (χ1n) is 8.30. The van der Waals surface area contributed by atoms with Gasteiger partial charge in [-0.25, -0.2) is 5.90 Å². The molecule has 7 heteroatoms. The maximum Gasteiger partial charge on any atom is 0.285 e. The molecule has 0 bridgehead atoms. The second-order valence-electron chi connectivity index (χ2n) is 6.52. The van der Waals surface area contributed by atoms with Crippen molar-refractivity contribution in [3.05, 3.63) is 35.4 Å². The Morgan fingerprint density at radius 1 is 0.920 bits per heavy atom. The number of nitrogens with zero attached hydrogens (tertiary/aromatic N) is 1. The van der Waals surface area contributed by atoms with E-state index in [9.17, 15) is 9.59 Å². The number of halogens is 1. The number of hydrogen-bond acceptors (Lipinski definition) is 5. The van der Waals surface area contributed by atoms with Crippen LogP contribution in [0.5, 0.6) is 0 Å². The lowest BCUT2D eigenvalue weighted by atomic mass is 10.1. The summed E-state index contributed by atoms with van der Waals surface area (Å²) >= 11 is 0. The van der Waals surface area contributed by atoms with Gasteiger partial charge in [-0.05, 0) is 36.8 Å². The minimum absolute atomic E-state index is 0. The maximum atomic E-state index is 11.9. The van der Waals surface area contributed by atoms with Crippen molar-refractivity contribution in [3.8, 4) is 0 Å². The van der Waals surface area contributed by atoms with Gasteiger partial charge in [-0.15, -0.1) is 17.5 Å². The van der Waals surface area contributed by atoms with Gasteiger partial charge in [0.25, 0.3) is 11.8 Å². The van der Waals surface area contributed by atoms with E-state index < -0.39 is 0 Å². The zero-order chi connectivity index (χ0) is 18.1. The van der Waals surface area contributed by atoms with Crippen LogP contribution < -0.4 is 5.90 Å². The molecule has 1 aromatic rings. The number of rotatable bonds is 7. The Kier molecular flexibility index (Phi) is 11.3. The van der Waals surface area contributed by atoms with Crippen molar-refractivity contribution in [2.75, 3.05) is 13.2 Å². The lowest BCUT2D eigenvalue weighted by molar-refractivity contribution is -0.0939. The summed E-state index contributed by atoms with van der Waals surface area (Å²) in [7, 11) is 0. The van der Waals surface area contributed by atoms with E-state index in [1.54, 1.807) is 24.3 Å². The third-order valence-electron chi connectivity index (χ3n) is 3.49. The molecule has 6 nitrogen and oxygen atoms in total. The highest BCUT2D eigenvalue weighted by atomic mass is 35.5. The van der Waals surface area contributed by atoms with Crippen molar-refractivity contribution in [2.45, 2.75) is 40.5 Å². The largest absolute Gasteiger partial charge is 0.305 e. The van der Waals surface area contributed by atoms with E-state index >= 15 is 0 Å².